The molecule has 1 aliphatic rings. The van der Waals surface area contributed by atoms with Gasteiger partial charge in [0.15, 0.2) is 0 Å². The molecule has 1 aliphatic heterocycles. The second kappa shape index (κ2) is 16.3. The number of hydrogen-bond acceptors (Lipinski definition) is 8. The van der Waals surface area contributed by atoms with E-state index in [1.54, 1.807) is 0 Å². The summed E-state index contributed by atoms with van der Waals surface area (Å²) in [5, 5.41) is 0. The Morgan fingerprint density at radius 2 is 0.833 bits per heavy atom. The van der Waals surface area contributed by atoms with Gasteiger partial charge in [-0.25, -0.2) is 0 Å². The van der Waals surface area contributed by atoms with E-state index >= 15 is 0 Å². The molecule has 0 atom stereocenters. The van der Waals surface area contributed by atoms with Crippen LogP contribution in [0.4, 0.5) is 0 Å². The van der Waals surface area contributed by atoms with Gasteiger partial charge in [-0.2, -0.15) is 0 Å². The fourth-order valence-corrected chi connectivity index (χ4v) is 5.83. The number of benzene rings is 2. The van der Waals surface area contributed by atoms with Gasteiger partial charge in [0.05, 0.1) is 64.0 Å². The van der Waals surface area contributed by atoms with E-state index in [4.69, 9.17) is 37.3 Å². The minimum Gasteiger partial charge on any atom is -0.544 e. The van der Waals surface area contributed by atoms with Gasteiger partial charge in [-0.1, -0.05) is 25.3 Å². The highest BCUT2D eigenvalue weighted by molar-refractivity contribution is 6.70. The van der Waals surface area contributed by atoms with Gasteiger partial charge < -0.3 is 37.3 Å². The summed E-state index contributed by atoms with van der Waals surface area (Å²) in [5.41, 5.74) is 3.57. The monoisotopic (exact) mass is 616 g/mol. The Morgan fingerprint density at radius 3 is 1.14 bits per heavy atom. The molecule has 0 aromatic heterocycles. The van der Waals surface area contributed by atoms with E-state index in [0.717, 1.165) is 22.3 Å². The predicted molar refractivity (Wildman–Crippen MR) is 173 cm³/mol. The van der Waals surface area contributed by atoms with E-state index in [-0.39, 0.29) is 0 Å². The van der Waals surface area contributed by atoms with Crippen LogP contribution in [0, 0.1) is 0 Å². The summed E-state index contributed by atoms with van der Waals surface area (Å²) in [4.78, 5) is 0. The molecule has 0 spiro atoms. The highest BCUT2D eigenvalue weighted by Crippen LogP contribution is 2.36. The summed E-state index contributed by atoms with van der Waals surface area (Å²) in [6.07, 6.45) is 0. The van der Waals surface area contributed by atoms with Crippen LogP contribution in [-0.2, 0) is 27.8 Å². The first-order valence-electron chi connectivity index (χ1n) is 14.5. The molecule has 10 heteroatoms. The molecule has 42 heavy (non-hydrogen) atoms. The average Bonchev–Trinajstić information content (AvgIpc) is 2.90. The van der Waals surface area contributed by atoms with Crippen LogP contribution in [0.5, 0.6) is 11.5 Å². The van der Waals surface area contributed by atoms with Crippen LogP contribution in [0.3, 0.4) is 0 Å². The van der Waals surface area contributed by atoms with Crippen LogP contribution < -0.4 is 9.47 Å². The third-order valence-electron chi connectivity index (χ3n) is 5.84. The first kappa shape index (κ1) is 33.9. The molecule has 8 nitrogen and oxygen atoms in total. The Kier molecular flexibility index (Phi) is 13.2. The van der Waals surface area contributed by atoms with Crippen molar-refractivity contribution in [2.45, 2.75) is 39.3 Å². The van der Waals surface area contributed by atoms with E-state index in [1.807, 2.05) is 36.4 Å². The molecule has 0 N–H and O–H groups in total. The van der Waals surface area contributed by atoms with Crippen LogP contribution in [0.1, 0.15) is 11.1 Å². The van der Waals surface area contributed by atoms with E-state index in [2.05, 4.69) is 52.4 Å². The van der Waals surface area contributed by atoms with Crippen molar-refractivity contribution >= 4 is 28.2 Å². The van der Waals surface area contributed by atoms with Gasteiger partial charge in [0.2, 0.25) is 16.6 Å². The van der Waals surface area contributed by atoms with Crippen LogP contribution in [0.15, 0.2) is 49.6 Å². The van der Waals surface area contributed by atoms with Crippen LogP contribution in [0.2, 0.25) is 39.3 Å². The molecule has 0 aliphatic carbocycles. The van der Waals surface area contributed by atoms with Crippen molar-refractivity contribution in [3.8, 4) is 22.6 Å². The molecule has 1 heterocycles. The van der Waals surface area contributed by atoms with Crippen molar-refractivity contribution < 1.29 is 37.3 Å². The lowest BCUT2D eigenvalue weighted by Crippen LogP contribution is -2.24. The van der Waals surface area contributed by atoms with E-state index in [1.165, 1.54) is 0 Å². The summed E-state index contributed by atoms with van der Waals surface area (Å²) in [6.45, 7) is 25.7. The van der Waals surface area contributed by atoms with Crippen LogP contribution in [-0.4, -0.2) is 82.7 Å². The maximum atomic E-state index is 6.23. The molecule has 0 amide bonds. The average molecular weight is 617 g/mol. The van der Waals surface area contributed by atoms with Gasteiger partial charge in [0.1, 0.15) is 36.2 Å². The van der Waals surface area contributed by atoms with E-state index in [0.29, 0.717) is 89.1 Å². The number of ether oxygens (including phenoxy) is 6. The van der Waals surface area contributed by atoms with Crippen molar-refractivity contribution in [2.75, 3.05) is 66.1 Å². The number of hydrogen-bond donors (Lipinski definition) is 0. The fraction of sp³-hybridized carbons (Fsp3) is 0.500. The summed E-state index contributed by atoms with van der Waals surface area (Å²) in [7, 11) is -3.73. The standard InChI is InChI=1S/C32H48O8Si2/c1-25(39-41(3,4)5)29-11-9-27-23-31(29)37-21-19-35-17-15-33-13-14-34-16-18-36-20-22-38-32-24-28(27)10-12-30(32)26(2)40-42(6,7)8/h9-12,23-24H,1-2,13-22H2,3-8H3. The van der Waals surface area contributed by atoms with Crippen molar-refractivity contribution in [1.29, 1.82) is 0 Å². The second-order valence-corrected chi connectivity index (χ2v) is 20.7. The van der Waals surface area contributed by atoms with Gasteiger partial charge >= 0.3 is 0 Å². The zero-order valence-corrected chi connectivity index (χ0v) is 28.2. The first-order valence-corrected chi connectivity index (χ1v) is 21.4. The fourth-order valence-electron chi connectivity index (χ4n) is 4.14. The zero-order valence-electron chi connectivity index (χ0n) is 26.2. The van der Waals surface area contributed by atoms with E-state index < -0.39 is 16.6 Å². The Bertz CT molecular complexity index is 1080. The molecule has 0 saturated carbocycles. The van der Waals surface area contributed by atoms with Gasteiger partial charge in [-0.3, -0.25) is 0 Å². The maximum Gasteiger partial charge on any atom is 0.242 e. The topological polar surface area (TPSA) is 73.8 Å². The summed E-state index contributed by atoms with van der Waals surface area (Å²) >= 11 is 0. The summed E-state index contributed by atoms with van der Waals surface area (Å²) < 4.78 is 47.5. The summed E-state index contributed by atoms with van der Waals surface area (Å²) in [5.74, 6) is 2.57. The molecule has 0 radical (unpaired) electrons. The Balaban J connectivity index is 1.93. The largest absolute Gasteiger partial charge is 0.544 e. The SMILES string of the molecule is C=C(O[Si](C)(C)C)c1ccc2cc1OCCOCCOCCOCCOCCOc1cc-2ccc1C(=C)O[Si](C)(C)C. The van der Waals surface area contributed by atoms with Gasteiger partial charge in [-0.15, -0.1) is 0 Å². The molecule has 232 valence electrons. The molecule has 2 aromatic carbocycles. The second-order valence-electron chi connectivity index (χ2n) is 11.8. The Labute approximate surface area is 253 Å². The van der Waals surface area contributed by atoms with Crippen molar-refractivity contribution in [3.05, 3.63) is 60.7 Å². The third kappa shape index (κ3) is 11.9. The Hall–Kier alpha value is -2.61. The molecule has 0 unspecified atom stereocenters. The minimum absolute atomic E-state index is 0.376. The van der Waals surface area contributed by atoms with E-state index in [9.17, 15) is 0 Å². The zero-order chi connectivity index (χ0) is 30.6. The molecule has 0 fully saturated rings. The maximum absolute atomic E-state index is 6.23. The van der Waals surface area contributed by atoms with Gasteiger partial charge in [0.25, 0.3) is 0 Å². The number of rotatable bonds is 6. The van der Waals surface area contributed by atoms with Gasteiger partial charge in [0, 0.05) is 0 Å². The molecule has 0 saturated heterocycles. The Morgan fingerprint density at radius 1 is 0.524 bits per heavy atom. The highest BCUT2D eigenvalue weighted by atomic mass is 28.4. The smallest absolute Gasteiger partial charge is 0.242 e. The van der Waals surface area contributed by atoms with Crippen LogP contribution >= 0.6 is 0 Å². The predicted octanol–water partition coefficient (Wildman–Crippen LogP) is 6.84. The highest BCUT2D eigenvalue weighted by Gasteiger charge is 2.22. The molecular weight excluding hydrogens is 569 g/mol. The van der Waals surface area contributed by atoms with Crippen molar-refractivity contribution in [2.24, 2.45) is 0 Å². The van der Waals surface area contributed by atoms with Crippen molar-refractivity contribution in [1.82, 2.24) is 0 Å². The minimum atomic E-state index is -1.87. The lowest BCUT2D eigenvalue weighted by atomic mass is 10.00. The lowest BCUT2D eigenvalue weighted by molar-refractivity contribution is -0.00701. The lowest BCUT2D eigenvalue weighted by Gasteiger charge is -2.24. The molecule has 2 aromatic rings. The molecule has 4 bridgehead atoms. The molecule has 3 rings (SSSR count). The number of fused-ring (bicyclic) bond motifs is 5. The normalized spacial score (nSPS) is 16.5. The first-order chi connectivity index (χ1) is 19.9. The molecular formula is C32H48O8Si2. The van der Waals surface area contributed by atoms with Crippen LogP contribution in [0.25, 0.3) is 22.6 Å². The van der Waals surface area contributed by atoms with Crippen molar-refractivity contribution in [3.63, 3.8) is 0 Å². The third-order valence-corrected chi connectivity index (χ3v) is 7.56. The quantitative estimate of drug-likeness (QED) is 0.258. The summed E-state index contributed by atoms with van der Waals surface area (Å²) in [6, 6.07) is 12.1. The van der Waals surface area contributed by atoms with Gasteiger partial charge in [-0.05, 0) is 74.7 Å².